The predicted molar refractivity (Wildman–Crippen MR) is 186 cm³/mol. The minimum absolute atomic E-state index is 0.156. The molecule has 51 heavy (non-hydrogen) atoms. The van der Waals surface area contributed by atoms with Crippen LogP contribution in [0.5, 0.6) is 17.2 Å². The van der Waals surface area contributed by atoms with E-state index in [4.69, 9.17) is 21.9 Å². The zero-order chi connectivity index (χ0) is 37.7. The van der Waals surface area contributed by atoms with Crippen LogP contribution in [0, 0.1) is 12.7 Å². The molecule has 16 heteroatoms. The molecule has 6 heterocycles. The smallest absolute Gasteiger partial charge is 0.410 e. The second-order valence-corrected chi connectivity index (χ2v) is 13.1. The van der Waals surface area contributed by atoms with Crippen LogP contribution in [0.1, 0.15) is 29.1 Å². The number of fused-ring (bicyclic) bond motifs is 6. The van der Waals surface area contributed by atoms with Gasteiger partial charge >= 0.3 is 6.09 Å². The quantitative estimate of drug-likeness (QED) is 0.231. The number of pyridine rings is 2. The van der Waals surface area contributed by atoms with Gasteiger partial charge in [0.2, 0.25) is 5.91 Å². The lowest BCUT2D eigenvalue weighted by Gasteiger charge is -2.39. The Balaban J connectivity index is 1.07. The Kier molecular flexibility index (Phi) is 8.10. The lowest BCUT2D eigenvalue weighted by molar-refractivity contribution is -0.129. The first-order chi connectivity index (χ1) is 25.1. The van der Waals surface area contributed by atoms with E-state index >= 15 is 4.39 Å². The molecule has 2 bridgehead atoms. The summed E-state index contributed by atoms with van der Waals surface area (Å²) in [5.74, 6) is 1.11. The number of nitrogens with one attached hydrogen (secondary N) is 1. The SMILES string of the molecule is [2H]C([2H])(/C=C/C(=O)N1CCN2C[C@H]1COc1cc3ncnc(Nc4cc(C)c(Oc5ccn6ncnc6c5)cc4F)c3nc12)N(C)C(=O)OC(C)(C)C. The zero-order valence-corrected chi connectivity index (χ0v) is 28.6. The standard InChI is InChI=1S/C35H37FN10O5/c1-21-13-25(24(36)15-27(21)50-23-8-10-46-29(14-23)38-20-40-46)41-32-31-26(37-19-39-32)16-28-33(42-31)44-11-12-45(22(17-44)18-49-28)30(47)7-6-9-43(5)34(48)51-35(2,3)4/h6-8,10,13-16,19-20,22H,9,11-12,17-18H2,1-5H3,(H,37,39,41)/b7-6+/t22-/m0/s1/i9D2. The number of nitrogens with zero attached hydrogens (tertiary/aromatic N) is 9. The Labute approximate surface area is 295 Å². The van der Waals surface area contributed by atoms with Crippen molar-refractivity contribution in [2.45, 2.75) is 39.3 Å². The number of piperazine rings is 1. The Morgan fingerprint density at radius 2 is 2.02 bits per heavy atom. The van der Waals surface area contributed by atoms with Gasteiger partial charge in [-0.05, 0) is 45.4 Å². The van der Waals surface area contributed by atoms with E-state index in [-0.39, 0.29) is 24.2 Å². The molecule has 2 aliphatic heterocycles. The molecule has 2 aliphatic rings. The van der Waals surface area contributed by atoms with Gasteiger partial charge in [0.1, 0.15) is 47.7 Å². The van der Waals surface area contributed by atoms with Crippen LogP contribution in [-0.2, 0) is 9.53 Å². The molecule has 1 N–H and O–H groups in total. The van der Waals surface area contributed by atoms with Crippen LogP contribution in [0.4, 0.5) is 26.5 Å². The molecule has 264 valence electrons. The molecule has 5 aromatic rings. The van der Waals surface area contributed by atoms with E-state index in [0.717, 1.165) is 17.1 Å². The van der Waals surface area contributed by atoms with Gasteiger partial charge in [0.15, 0.2) is 23.0 Å². The van der Waals surface area contributed by atoms with Gasteiger partial charge in [-0.1, -0.05) is 6.08 Å². The second-order valence-electron chi connectivity index (χ2n) is 13.1. The lowest BCUT2D eigenvalue weighted by atomic mass is 10.1. The number of carbonyl (C=O) groups is 2. The van der Waals surface area contributed by atoms with Crippen molar-refractivity contribution in [2.75, 3.05) is 50.0 Å². The van der Waals surface area contributed by atoms with Crippen molar-refractivity contribution in [3.63, 3.8) is 0 Å². The van der Waals surface area contributed by atoms with Gasteiger partial charge < -0.3 is 34.2 Å². The molecule has 1 saturated heterocycles. The molecule has 1 atom stereocenters. The minimum Gasteiger partial charge on any atom is -0.487 e. The van der Waals surface area contributed by atoms with Crippen molar-refractivity contribution in [2.24, 2.45) is 0 Å². The summed E-state index contributed by atoms with van der Waals surface area (Å²) >= 11 is 0. The van der Waals surface area contributed by atoms with Gasteiger partial charge in [-0.15, -0.1) is 0 Å². The van der Waals surface area contributed by atoms with Crippen molar-refractivity contribution in [1.82, 2.24) is 39.3 Å². The number of carbonyl (C=O) groups excluding carboxylic acids is 2. The van der Waals surface area contributed by atoms with Crippen LogP contribution >= 0.6 is 0 Å². The molecular weight excluding hydrogens is 659 g/mol. The number of rotatable bonds is 7. The summed E-state index contributed by atoms with van der Waals surface area (Å²) in [5.41, 5.74) is 1.48. The molecule has 0 spiro atoms. The number of aryl methyl sites for hydroxylation is 1. The normalized spacial score (nSPS) is 16.6. The summed E-state index contributed by atoms with van der Waals surface area (Å²) < 4.78 is 51.2. The van der Waals surface area contributed by atoms with E-state index in [2.05, 4.69) is 25.4 Å². The van der Waals surface area contributed by atoms with Crippen molar-refractivity contribution in [1.29, 1.82) is 0 Å². The highest BCUT2D eigenvalue weighted by atomic mass is 19.1. The molecule has 15 nitrogen and oxygen atoms in total. The molecule has 0 aliphatic carbocycles. The summed E-state index contributed by atoms with van der Waals surface area (Å²) in [6.45, 7) is 5.85. The molecule has 1 fully saturated rings. The number of hydrogen-bond donors (Lipinski definition) is 1. The average Bonchev–Trinajstić information content (AvgIpc) is 3.53. The van der Waals surface area contributed by atoms with Crippen molar-refractivity contribution in [3.05, 3.63) is 72.7 Å². The van der Waals surface area contributed by atoms with E-state index in [1.165, 1.54) is 25.8 Å². The first kappa shape index (κ1) is 31.0. The molecule has 7 rings (SSSR count). The van der Waals surface area contributed by atoms with Crippen LogP contribution in [0.2, 0.25) is 0 Å². The number of aromatic nitrogens is 6. The Bertz CT molecular complexity index is 2260. The Hall–Kier alpha value is -6.06. The predicted octanol–water partition coefficient (Wildman–Crippen LogP) is 4.88. The molecule has 1 aromatic carbocycles. The number of hydrogen-bond acceptors (Lipinski definition) is 12. The van der Waals surface area contributed by atoms with Gasteiger partial charge in [0.05, 0.1) is 20.0 Å². The van der Waals surface area contributed by atoms with E-state index in [1.54, 1.807) is 67.6 Å². The summed E-state index contributed by atoms with van der Waals surface area (Å²) in [7, 11) is 1.27. The first-order valence-electron chi connectivity index (χ1n) is 17.2. The Morgan fingerprint density at radius 1 is 1.18 bits per heavy atom. The van der Waals surface area contributed by atoms with Crippen LogP contribution in [0.15, 0.2) is 61.3 Å². The highest BCUT2D eigenvalue weighted by Gasteiger charge is 2.35. The maximum Gasteiger partial charge on any atom is 0.410 e. The summed E-state index contributed by atoms with van der Waals surface area (Å²) in [4.78, 5) is 48.0. The summed E-state index contributed by atoms with van der Waals surface area (Å²) in [5, 5.41) is 7.14. The maximum atomic E-state index is 15.5. The maximum absolute atomic E-state index is 15.5. The van der Waals surface area contributed by atoms with E-state index in [0.29, 0.717) is 64.9 Å². The number of benzene rings is 1. The monoisotopic (exact) mass is 698 g/mol. The number of amides is 2. The van der Waals surface area contributed by atoms with Gasteiger partial charge in [0.25, 0.3) is 0 Å². The van der Waals surface area contributed by atoms with Gasteiger partial charge in [-0.3, -0.25) is 4.79 Å². The third-order valence-corrected chi connectivity index (χ3v) is 8.21. The van der Waals surface area contributed by atoms with Crippen molar-refractivity contribution in [3.8, 4) is 17.2 Å². The Morgan fingerprint density at radius 3 is 2.84 bits per heavy atom. The van der Waals surface area contributed by atoms with Crippen LogP contribution < -0.4 is 19.7 Å². The number of ether oxygens (including phenoxy) is 3. The topological polar surface area (TPSA) is 152 Å². The molecule has 0 saturated carbocycles. The second kappa shape index (κ2) is 13.3. The summed E-state index contributed by atoms with van der Waals surface area (Å²) in [6.07, 6.45) is 5.81. The fraction of sp³-hybridized carbons (Fsp3) is 0.343. The van der Waals surface area contributed by atoms with Gasteiger partial charge in [0, 0.05) is 63.7 Å². The fourth-order valence-electron chi connectivity index (χ4n) is 5.73. The van der Waals surface area contributed by atoms with Crippen LogP contribution in [0.25, 0.3) is 16.7 Å². The lowest BCUT2D eigenvalue weighted by Crippen LogP contribution is -2.56. The molecule has 4 aromatic heterocycles. The highest BCUT2D eigenvalue weighted by molar-refractivity contribution is 5.91. The van der Waals surface area contributed by atoms with E-state index in [9.17, 15) is 9.59 Å². The fourth-order valence-corrected chi connectivity index (χ4v) is 5.73. The molecular formula is C35H37FN10O5. The minimum atomic E-state index is -2.28. The third kappa shape index (κ3) is 7.15. The molecule has 0 radical (unpaired) electrons. The van der Waals surface area contributed by atoms with Crippen molar-refractivity contribution < 1.29 is 30.9 Å². The first-order valence-corrected chi connectivity index (χ1v) is 16.2. The summed E-state index contributed by atoms with van der Waals surface area (Å²) in [6, 6.07) is 7.69. The molecule has 2 amide bonds. The molecule has 0 unspecified atom stereocenters. The van der Waals surface area contributed by atoms with Crippen LogP contribution in [-0.4, -0.2) is 103 Å². The van der Waals surface area contributed by atoms with E-state index < -0.39 is 29.9 Å². The third-order valence-electron chi connectivity index (χ3n) is 8.21. The average molecular weight is 699 g/mol. The van der Waals surface area contributed by atoms with E-state index in [1.807, 2.05) is 4.90 Å². The number of halogens is 1. The van der Waals surface area contributed by atoms with Gasteiger partial charge in [-0.25, -0.2) is 33.6 Å². The largest absolute Gasteiger partial charge is 0.487 e. The number of anilines is 3. The van der Waals surface area contributed by atoms with Gasteiger partial charge in [-0.2, -0.15) is 5.10 Å². The van der Waals surface area contributed by atoms with Crippen LogP contribution in [0.3, 0.4) is 0 Å². The zero-order valence-electron chi connectivity index (χ0n) is 30.6. The van der Waals surface area contributed by atoms with Crippen molar-refractivity contribution >= 4 is 46.0 Å². The number of likely N-dealkylation sites (N-methyl/N-ethyl adjacent to an activating group) is 1. The highest BCUT2D eigenvalue weighted by Crippen LogP contribution is 2.37.